The molecule has 17 heavy (non-hydrogen) atoms. The van der Waals surface area contributed by atoms with Crippen LogP contribution < -0.4 is 5.73 Å². The average molecular weight is 239 g/mol. The van der Waals surface area contributed by atoms with E-state index in [-0.39, 0.29) is 5.82 Å². The van der Waals surface area contributed by atoms with Crippen molar-refractivity contribution >= 4 is 0 Å². The molecule has 1 aliphatic rings. The van der Waals surface area contributed by atoms with Crippen LogP contribution >= 0.6 is 0 Å². The fourth-order valence-corrected chi connectivity index (χ4v) is 2.37. The minimum Gasteiger partial charge on any atom is -0.381 e. The Morgan fingerprint density at radius 2 is 2.00 bits per heavy atom. The van der Waals surface area contributed by atoms with Crippen LogP contribution in [0.4, 0.5) is 4.39 Å². The zero-order chi connectivity index (χ0) is 12.3. The molecule has 0 amide bonds. The maximum absolute atomic E-state index is 13.7. The van der Waals surface area contributed by atoms with Crippen LogP contribution in [0.25, 0.3) is 0 Å². The van der Waals surface area contributed by atoms with Crippen molar-refractivity contribution in [2.75, 3.05) is 20.3 Å². The lowest BCUT2D eigenvalue weighted by Crippen LogP contribution is -2.47. The summed E-state index contributed by atoms with van der Waals surface area (Å²) in [7, 11) is 1.63. The number of hydrogen-bond donors (Lipinski definition) is 1. The van der Waals surface area contributed by atoms with Crippen molar-refractivity contribution in [2.24, 2.45) is 5.73 Å². The van der Waals surface area contributed by atoms with Gasteiger partial charge in [0.05, 0.1) is 11.6 Å². The third kappa shape index (κ3) is 2.34. The second kappa shape index (κ2) is 5.12. The Kier molecular flexibility index (Phi) is 3.76. The average Bonchev–Trinajstić information content (AvgIpc) is 2.39. The molecule has 1 fully saturated rings. The molecule has 4 heteroatoms. The SMILES string of the molecule is COC1(C(N)c2ccccc2F)CCOCC1. The number of halogens is 1. The summed E-state index contributed by atoms with van der Waals surface area (Å²) in [6.07, 6.45) is 1.39. The number of ether oxygens (including phenoxy) is 2. The Hall–Kier alpha value is -0.970. The first-order valence-electron chi connectivity index (χ1n) is 5.82. The fourth-order valence-electron chi connectivity index (χ4n) is 2.37. The molecule has 0 aliphatic carbocycles. The minimum absolute atomic E-state index is 0.275. The molecular formula is C13H18FNO2. The monoisotopic (exact) mass is 239 g/mol. The Balaban J connectivity index is 2.28. The lowest BCUT2D eigenvalue weighted by atomic mass is 9.82. The summed E-state index contributed by atoms with van der Waals surface area (Å²) in [6, 6.07) is 6.14. The van der Waals surface area contributed by atoms with E-state index in [2.05, 4.69) is 0 Å². The normalized spacial score (nSPS) is 21.1. The molecule has 94 valence electrons. The van der Waals surface area contributed by atoms with Gasteiger partial charge < -0.3 is 15.2 Å². The molecule has 1 aromatic carbocycles. The first-order chi connectivity index (χ1) is 8.19. The second-order valence-corrected chi connectivity index (χ2v) is 4.38. The minimum atomic E-state index is -0.513. The summed E-state index contributed by atoms with van der Waals surface area (Å²) in [5.74, 6) is -0.275. The molecule has 1 aromatic rings. The smallest absolute Gasteiger partial charge is 0.128 e. The van der Waals surface area contributed by atoms with E-state index < -0.39 is 11.6 Å². The number of methoxy groups -OCH3 is 1. The fraction of sp³-hybridized carbons (Fsp3) is 0.538. The highest BCUT2D eigenvalue weighted by Crippen LogP contribution is 2.36. The van der Waals surface area contributed by atoms with Gasteiger partial charge in [-0.1, -0.05) is 18.2 Å². The molecule has 0 spiro atoms. The molecule has 1 aliphatic heterocycles. The van der Waals surface area contributed by atoms with Crippen LogP contribution in [-0.4, -0.2) is 25.9 Å². The predicted molar refractivity (Wildman–Crippen MR) is 63.1 cm³/mol. The Labute approximate surface area is 101 Å². The summed E-state index contributed by atoms with van der Waals surface area (Å²) in [4.78, 5) is 0. The van der Waals surface area contributed by atoms with Gasteiger partial charge in [-0.05, 0) is 6.07 Å². The van der Waals surface area contributed by atoms with Gasteiger partial charge >= 0.3 is 0 Å². The van der Waals surface area contributed by atoms with E-state index in [1.54, 1.807) is 25.3 Å². The molecule has 2 rings (SSSR count). The summed E-state index contributed by atoms with van der Waals surface area (Å²) < 4.78 is 24.6. The van der Waals surface area contributed by atoms with Gasteiger partial charge in [0.2, 0.25) is 0 Å². The van der Waals surface area contributed by atoms with Gasteiger partial charge in [0.1, 0.15) is 5.82 Å². The van der Waals surface area contributed by atoms with E-state index in [1.165, 1.54) is 6.07 Å². The van der Waals surface area contributed by atoms with Crippen molar-refractivity contribution in [3.63, 3.8) is 0 Å². The lowest BCUT2D eigenvalue weighted by Gasteiger charge is -2.40. The molecule has 1 saturated heterocycles. The van der Waals surface area contributed by atoms with Gasteiger partial charge in [-0.15, -0.1) is 0 Å². The summed E-state index contributed by atoms with van der Waals surface area (Å²) in [6.45, 7) is 1.21. The Bertz CT molecular complexity index is 377. The topological polar surface area (TPSA) is 44.5 Å². The van der Waals surface area contributed by atoms with Crippen LogP contribution in [0, 0.1) is 5.82 Å². The number of benzene rings is 1. The van der Waals surface area contributed by atoms with E-state index in [0.717, 1.165) is 0 Å². The van der Waals surface area contributed by atoms with E-state index in [0.29, 0.717) is 31.6 Å². The first kappa shape index (κ1) is 12.5. The molecule has 1 heterocycles. The largest absolute Gasteiger partial charge is 0.381 e. The number of rotatable bonds is 3. The molecule has 0 saturated carbocycles. The third-order valence-electron chi connectivity index (χ3n) is 3.55. The lowest BCUT2D eigenvalue weighted by molar-refractivity contribution is -0.105. The van der Waals surface area contributed by atoms with Crippen LogP contribution in [0.15, 0.2) is 24.3 Å². The van der Waals surface area contributed by atoms with E-state index in [1.807, 2.05) is 0 Å². The van der Waals surface area contributed by atoms with Gasteiger partial charge in [-0.2, -0.15) is 0 Å². The van der Waals surface area contributed by atoms with Crippen molar-refractivity contribution in [1.29, 1.82) is 0 Å². The van der Waals surface area contributed by atoms with Crippen molar-refractivity contribution in [3.8, 4) is 0 Å². The highest BCUT2D eigenvalue weighted by molar-refractivity contribution is 5.24. The predicted octanol–water partition coefficient (Wildman–Crippen LogP) is 2.02. The van der Waals surface area contributed by atoms with Crippen molar-refractivity contribution < 1.29 is 13.9 Å². The second-order valence-electron chi connectivity index (χ2n) is 4.38. The quantitative estimate of drug-likeness (QED) is 0.877. The van der Waals surface area contributed by atoms with Gasteiger partial charge in [0.15, 0.2) is 0 Å². The van der Waals surface area contributed by atoms with E-state index in [9.17, 15) is 4.39 Å². The van der Waals surface area contributed by atoms with Crippen LogP contribution in [0.3, 0.4) is 0 Å². The first-order valence-corrected chi connectivity index (χ1v) is 5.82. The van der Waals surface area contributed by atoms with Crippen molar-refractivity contribution in [2.45, 2.75) is 24.5 Å². The zero-order valence-electron chi connectivity index (χ0n) is 9.99. The van der Waals surface area contributed by atoms with Gasteiger partial charge in [-0.3, -0.25) is 0 Å². The Morgan fingerprint density at radius 1 is 1.35 bits per heavy atom. The highest BCUT2D eigenvalue weighted by Gasteiger charge is 2.40. The van der Waals surface area contributed by atoms with Crippen LogP contribution in [-0.2, 0) is 9.47 Å². The van der Waals surface area contributed by atoms with Crippen LogP contribution in [0.1, 0.15) is 24.4 Å². The standard InChI is InChI=1S/C13H18FNO2/c1-16-13(6-8-17-9-7-13)12(15)10-4-2-3-5-11(10)14/h2-5,12H,6-9,15H2,1H3. The molecule has 3 nitrogen and oxygen atoms in total. The number of hydrogen-bond acceptors (Lipinski definition) is 3. The van der Waals surface area contributed by atoms with Crippen LogP contribution in [0.5, 0.6) is 0 Å². The van der Waals surface area contributed by atoms with Crippen LogP contribution in [0.2, 0.25) is 0 Å². The molecule has 2 N–H and O–H groups in total. The highest BCUT2D eigenvalue weighted by atomic mass is 19.1. The zero-order valence-corrected chi connectivity index (χ0v) is 9.99. The molecule has 0 aromatic heterocycles. The van der Waals surface area contributed by atoms with Gasteiger partial charge in [0.25, 0.3) is 0 Å². The third-order valence-corrected chi connectivity index (χ3v) is 3.55. The maximum atomic E-state index is 13.7. The maximum Gasteiger partial charge on any atom is 0.128 e. The summed E-state index contributed by atoms with van der Waals surface area (Å²) >= 11 is 0. The molecule has 0 radical (unpaired) electrons. The van der Waals surface area contributed by atoms with Gasteiger partial charge in [0, 0.05) is 38.7 Å². The van der Waals surface area contributed by atoms with Crippen molar-refractivity contribution in [1.82, 2.24) is 0 Å². The van der Waals surface area contributed by atoms with Gasteiger partial charge in [-0.25, -0.2) is 4.39 Å². The molecular weight excluding hydrogens is 221 g/mol. The molecule has 1 atom stereocenters. The number of nitrogens with two attached hydrogens (primary N) is 1. The summed E-state index contributed by atoms with van der Waals surface area (Å²) in [5.41, 5.74) is 6.19. The Morgan fingerprint density at radius 3 is 2.59 bits per heavy atom. The van der Waals surface area contributed by atoms with E-state index >= 15 is 0 Å². The molecule has 1 unspecified atom stereocenters. The summed E-state index contributed by atoms with van der Waals surface area (Å²) in [5, 5.41) is 0. The molecule has 0 bridgehead atoms. The van der Waals surface area contributed by atoms with E-state index in [4.69, 9.17) is 15.2 Å². The van der Waals surface area contributed by atoms with Crippen molar-refractivity contribution in [3.05, 3.63) is 35.6 Å².